The van der Waals surface area contributed by atoms with Crippen LogP contribution in [0.25, 0.3) is 21.3 Å². The molecule has 3 rings (SSSR count). The summed E-state index contributed by atoms with van der Waals surface area (Å²) in [6.07, 6.45) is 0. The van der Waals surface area contributed by atoms with Gasteiger partial charge in [0.1, 0.15) is 9.88 Å². The van der Waals surface area contributed by atoms with Crippen LogP contribution < -0.4 is 0 Å². The number of nitrogens with zero attached hydrogens (tertiary/aromatic N) is 1. The monoisotopic (exact) mass is 297 g/mol. The molecule has 0 atom stereocenters. The van der Waals surface area contributed by atoms with Gasteiger partial charge in [0.05, 0.1) is 5.69 Å². The SMILES string of the molecule is CC(C)c1nc(-c2ccc3ccccc3c2)sc1C(=O)O. The molecule has 1 N–H and O–H groups in total. The first-order valence-electron chi connectivity index (χ1n) is 6.79. The van der Waals surface area contributed by atoms with Crippen molar-refractivity contribution >= 4 is 28.1 Å². The average molecular weight is 297 g/mol. The van der Waals surface area contributed by atoms with Crippen LogP contribution in [0, 0.1) is 0 Å². The van der Waals surface area contributed by atoms with Gasteiger partial charge in [-0.15, -0.1) is 11.3 Å². The Bertz CT molecular complexity index is 821. The predicted octanol–water partition coefficient (Wildman–Crippen LogP) is 4.78. The van der Waals surface area contributed by atoms with Crippen molar-refractivity contribution in [3.63, 3.8) is 0 Å². The van der Waals surface area contributed by atoms with Crippen LogP contribution >= 0.6 is 11.3 Å². The highest BCUT2D eigenvalue weighted by Gasteiger charge is 2.20. The predicted molar refractivity (Wildman–Crippen MR) is 86.1 cm³/mol. The van der Waals surface area contributed by atoms with Crippen molar-refractivity contribution in [2.75, 3.05) is 0 Å². The average Bonchev–Trinajstić information content (AvgIpc) is 2.92. The smallest absolute Gasteiger partial charge is 0.347 e. The Balaban J connectivity index is 2.14. The topological polar surface area (TPSA) is 50.2 Å². The van der Waals surface area contributed by atoms with Gasteiger partial charge in [-0.2, -0.15) is 0 Å². The summed E-state index contributed by atoms with van der Waals surface area (Å²) in [5.41, 5.74) is 1.63. The molecular weight excluding hydrogens is 282 g/mol. The molecule has 0 aliphatic rings. The lowest BCUT2D eigenvalue weighted by molar-refractivity contribution is 0.0700. The van der Waals surface area contributed by atoms with E-state index in [1.165, 1.54) is 16.7 Å². The van der Waals surface area contributed by atoms with E-state index in [4.69, 9.17) is 0 Å². The van der Waals surface area contributed by atoms with E-state index >= 15 is 0 Å². The Morgan fingerprint density at radius 2 is 1.86 bits per heavy atom. The summed E-state index contributed by atoms with van der Waals surface area (Å²) >= 11 is 1.25. The minimum atomic E-state index is -0.900. The highest BCUT2D eigenvalue weighted by molar-refractivity contribution is 7.17. The zero-order chi connectivity index (χ0) is 15.0. The van der Waals surface area contributed by atoms with Gasteiger partial charge >= 0.3 is 5.97 Å². The van der Waals surface area contributed by atoms with Gasteiger partial charge in [0.2, 0.25) is 0 Å². The van der Waals surface area contributed by atoms with Crippen molar-refractivity contribution < 1.29 is 9.90 Å². The number of benzene rings is 2. The van der Waals surface area contributed by atoms with Gasteiger partial charge in [-0.05, 0) is 22.8 Å². The molecule has 0 radical (unpaired) electrons. The van der Waals surface area contributed by atoms with Gasteiger partial charge in [-0.25, -0.2) is 9.78 Å². The Morgan fingerprint density at radius 3 is 2.48 bits per heavy atom. The van der Waals surface area contributed by atoms with E-state index in [-0.39, 0.29) is 5.92 Å². The molecule has 0 unspecified atom stereocenters. The quantitative estimate of drug-likeness (QED) is 0.756. The zero-order valence-electron chi connectivity index (χ0n) is 11.8. The third kappa shape index (κ3) is 2.54. The molecule has 106 valence electrons. The Kier molecular flexibility index (Phi) is 3.47. The Morgan fingerprint density at radius 1 is 1.14 bits per heavy atom. The maximum absolute atomic E-state index is 11.4. The van der Waals surface area contributed by atoms with Gasteiger partial charge in [0.25, 0.3) is 0 Å². The maximum atomic E-state index is 11.4. The van der Waals surface area contributed by atoms with E-state index in [1.807, 2.05) is 44.2 Å². The number of carboxylic acids is 1. The molecule has 0 spiro atoms. The largest absolute Gasteiger partial charge is 0.477 e. The molecule has 4 heteroatoms. The highest BCUT2D eigenvalue weighted by atomic mass is 32.1. The molecule has 3 aromatic rings. The number of fused-ring (bicyclic) bond motifs is 1. The second-order valence-corrected chi connectivity index (χ2v) is 6.25. The fourth-order valence-electron chi connectivity index (χ4n) is 2.32. The van der Waals surface area contributed by atoms with Gasteiger partial charge in [-0.1, -0.05) is 50.2 Å². The van der Waals surface area contributed by atoms with Crippen LogP contribution in [0.4, 0.5) is 0 Å². The molecule has 2 aromatic carbocycles. The van der Waals surface area contributed by atoms with Crippen LogP contribution in [0.1, 0.15) is 35.1 Å². The minimum absolute atomic E-state index is 0.0987. The lowest BCUT2D eigenvalue weighted by atomic mass is 10.1. The number of rotatable bonds is 3. The molecule has 1 heterocycles. The Hall–Kier alpha value is -2.20. The van der Waals surface area contributed by atoms with E-state index in [1.54, 1.807) is 0 Å². The standard InChI is InChI=1S/C17H15NO2S/c1-10(2)14-15(17(19)20)21-16(18-14)13-8-7-11-5-3-4-6-12(11)9-13/h3-10H,1-2H3,(H,19,20). The second-order valence-electron chi connectivity index (χ2n) is 5.26. The van der Waals surface area contributed by atoms with Gasteiger partial charge in [-0.3, -0.25) is 0 Å². The summed E-state index contributed by atoms with van der Waals surface area (Å²) in [6.45, 7) is 3.93. The van der Waals surface area contributed by atoms with Crippen molar-refractivity contribution in [3.8, 4) is 10.6 Å². The lowest BCUT2D eigenvalue weighted by Crippen LogP contribution is -2.00. The van der Waals surface area contributed by atoms with E-state index in [0.29, 0.717) is 10.6 Å². The van der Waals surface area contributed by atoms with Crippen molar-refractivity contribution in [2.45, 2.75) is 19.8 Å². The van der Waals surface area contributed by atoms with Crippen LogP contribution in [0.15, 0.2) is 42.5 Å². The summed E-state index contributed by atoms with van der Waals surface area (Å²) in [6, 6.07) is 14.2. The molecule has 0 saturated heterocycles. The van der Waals surface area contributed by atoms with Crippen LogP contribution in [-0.2, 0) is 0 Å². The molecule has 0 amide bonds. The first kappa shape index (κ1) is 13.8. The number of carbonyl (C=O) groups is 1. The number of thiazole rings is 1. The van der Waals surface area contributed by atoms with E-state index < -0.39 is 5.97 Å². The van der Waals surface area contributed by atoms with E-state index in [9.17, 15) is 9.90 Å². The van der Waals surface area contributed by atoms with E-state index in [0.717, 1.165) is 16.0 Å². The number of aromatic carboxylic acids is 1. The minimum Gasteiger partial charge on any atom is -0.477 e. The molecule has 0 saturated carbocycles. The highest BCUT2D eigenvalue weighted by Crippen LogP contribution is 2.33. The lowest BCUT2D eigenvalue weighted by Gasteiger charge is -2.01. The molecule has 0 fully saturated rings. The van der Waals surface area contributed by atoms with Crippen molar-refractivity contribution in [1.29, 1.82) is 0 Å². The van der Waals surface area contributed by atoms with Crippen LogP contribution in [0.3, 0.4) is 0 Å². The summed E-state index contributed by atoms with van der Waals surface area (Å²) in [4.78, 5) is 16.2. The number of aromatic nitrogens is 1. The number of hydrogen-bond donors (Lipinski definition) is 1. The van der Waals surface area contributed by atoms with Gasteiger partial charge in [0.15, 0.2) is 0 Å². The van der Waals surface area contributed by atoms with Crippen LogP contribution in [0.5, 0.6) is 0 Å². The molecular formula is C17H15NO2S. The fourth-order valence-corrected chi connectivity index (χ4v) is 3.38. The second kappa shape index (κ2) is 5.30. The maximum Gasteiger partial charge on any atom is 0.347 e. The zero-order valence-corrected chi connectivity index (χ0v) is 12.6. The summed E-state index contributed by atoms with van der Waals surface area (Å²) < 4.78 is 0. The van der Waals surface area contributed by atoms with Crippen molar-refractivity contribution in [1.82, 2.24) is 4.98 Å². The van der Waals surface area contributed by atoms with Crippen molar-refractivity contribution in [2.24, 2.45) is 0 Å². The molecule has 21 heavy (non-hydrogen) atoms. The number of carboxylic acid groups (broad SMARTS) is 1. The van der Waals surface area contributed by atoms with E-state index in [2.05, 4.69) is 17.1 Å². The third-order valence-corrected chi connectivity index (χ3v) is 4.50. The number of hydrogen-bond acceptors (Lipinski definition) is 3. The van der Waals surface area contributed by atoms with Crippen molar-refractivity contribution in [3.05, 3.63) is 53.0 Å². The molecule has 3 nitrogen and oxygen atoms in total. The normalized spacial score (nSPS) is 11.2. The van der Waals surface area contributed by atoms with Crippen LogP contribution in [0.2, 0.25) is 0 Å². The molecule has 0 bridgehead atoms. The summed E-state index contributed by atoms with van der Waals surface area (Å²) in [5.74, 6) is -0.801. The Labute approximate surface area is 126 Å². The van der Waals surface area contributed by atoms with Gasteiger partial charge < -0.3 is 5.11 Å². The summed E-state index contributed by atoms with van der Waals surface area (Å²) in [5, 5.41) is 12.4. The molecule has 1 aromatic heterocycles. The first-order chi connectivity index (χ1) is 10.1. The first-order valence-corrected chi connectivity index (χ1v) is 7.61. The molecule has 0 aliphatic heterocycles. The third-order valence-electron chi connectivity index (χ3n) is 3.39. The van der Waals surface area contributed by atoms with Gasteiger partial charge in [0, 0.05) is 5.56 Å². The fraction of sp³-hybridized carbons (Fsp3) is 0.176. The molecule has 0 aliphatic carbocycles. The van der Waals surface area contributed by atoms with Crippen LogP contribution in [-0.4, -0.2) is 16.1 Å². The summed E-state index contributed by atoms with van der Waals surface area (Å²) in [7, 11) is 0.